The number of aliphatic hydroxyl groups is 1. The number of methoxy groups -OCH3 is 1. The Bertz CT molecular complexity index is 2770. The molecule has 394 valence electrons. The van der Waals surface area contributed by atoms with E-state index in [1.165, 1.54) is 6.42 Å². The van der Waals surface area contributed by atoms with E-state index in [2.05, 4.69) is 64.8 Å². The second-order valence-electron chi connectivity index (χ2n) is 20.2. The molecule has 0 bridgehead atoms. The Kier molecular flexibility index (Phi) is 16.2. The van der Waals surface area contributed by atoms with Gasteiger partial charge < -0.3 is 59.4 Å². The molecular weight excluding hydrogens is 938 g/mol. The van der Waals surface area contributed by atoms with E-state index in [0.717, 1.165) is 113 Å². The standard InChI is InChI=1S/C50H72FN17O5/c1-7-35-29-55-68-40(26-41(58-45(35)68)67-19-9-8-12-36(67)15-24-69)52-27-34-13-14-42(53-28-34)72-25-11-17-64-22-20-63(21-23-64)16-10-18-66-32-39(47(61-66)71-6)56-44-43-46(62(5)33-54-43)60-48(59-44)65-30-37(51)38(31-65)57-49(70)73-50(2,3)4/h13-14,26,28-29,32-33,36-38,52,69H,7-12,15-25,27,30-31H2,1-6H3,(H,57,70)(H,56,59,60)/t36-,37+,38+/m0/s1. The Morgan fingerprint density at radius 1 is 0.959 bits per heavy atom. The second kappa shape index (κ2) is 23.1. The van der Waals surface area contributed by atoms with Crippen molar-refractivity contribution in [1.29, 1.82) is 0 Å². The highest BCUT2D eigenvalue weighted by Gasteiger charge is 2.37. The molecule has 23 heteroatoms. The Hall–Kier alpha value is -6.59. The fraction of sp³-hybridized carbons (Fsp3) is 0.600. The summed E-state index contributed by atoms with van der Waals surface area (Å²) in [5, 5.41) is 28.7. The van der Waals surface area contributed by atoms with Crippen molar-refractivity contribution in [3.05, 3.63) is 54.2 Å². The fourth-order valence-corrected chi connectivity index (χ4v) is 9.85. The number of halogens is 1. The van der Waals surface area contributed by atoms with E-state index in [4.69, 9.17) is 34.3 Å². The van der Waals surface area contributed by atoms with Crippen LogP contribution >= 0.6 is 0 Å². The van der Waals surface area contributed by atoms with Crippen LogP contribution in [0, 0.1) is 0 Å². The number of ether oxygens (including phenoxy) is 3. The van der Waals surface area contributed by atoms with Crippen LogP contribution in [0.5, 0.6) is 11.8 Å². The molecule has 73 heavy (non-hydrogen) atoms. The minimum Gasteiger partial charge on any atom is -0.478 e. The third-order valence-electron chi connectivity index (χ3n) is 13.7. The molecule has 0 saturated carbocycles. The number of rotatable bonds is 21. The highest BCUT2D eigenvalue weighted by molar-refractivity contribution is 5.87. The number of piperidine rings is 1. The zero-order valence-electron chi connectivity index (χ0n) is 43.1. The van der Waals surface area contributed by atoms with Gasteiger partial charge in [-0.1, -0.05) is 13.0 Å². The maximum absolute atomic E-state index is 15.2. The van der Waals surface area contributed by atoms with Crippen LogP contribution in [0.25, 0.3) is 16.8 Å². The van der Waals surface area contributed by atoms with Crippen molar-refractivity contribution in [2.75, 3.05) is 99.7 Å². The third-order valence-corrected chi connectivity index (χ3v) is 13.7. The van der Waals surface area contributed by atoms with E-state index in [-0.39, 0.29) is 25.7 Å². The number of carbonyl (C=O) groups is 1. The van der Waals surface area contributed by atoms with Crippen LogP contribution in [-0.2, 0) is 31.3 Å². The molecule has 4 N–H and O–H groups in total. The van der Waals surface area contributed by atoms with Crippen LogP contribution in [0.4, 0.5) is 38.3 Å². The van der Waals surface area contributed by atoms with E-state index < -0.39 is 23.9 Å². The monoisotopic (exact) mass is 1010 g/mol. The van der Waals surface area contributed by atoms with Crippen molar-refractivity contribution in [3.63, 3.8) is 0 Å². The number of aliphatic hydroxyl groups excluding tert-OH is 1. The molecule has 1 amide bonds. The number of aryl methyl sites for hydroxylation is 3. The molecule has 0 aliphatic carbocycles. The second-order valence-corrected chi connectivity index (χ2v) is 20.2. The van der Waals surface area contributed by atoms with E-state index in [9.17, 15) is 9.90 Å². The molecule has 0 radical (unpaired) electrons. The van der Waals surface area contributed by atoms with Crippen LogP contribution in [0.15, 0.2) is 43.1 Å². The molecule has 3 aliphatic rings. The minimum absolute atomic E-state index is 0.00332. The fourth-order valence-electron chi connectivity index (χ4n) is 9.85. The van der Waals surface area contributed by atoms with Gasteiger partial charge in [0.1, 0.15) is 29.1 Å². The van der Waals surface area contributed by atoms with Gasteiger partial charge in [-0.25, -0.2) is 24.1 Å². The summed E-state index contributed by atoms with van der Waals surface area (Å²) >= 11 is 0. The number of imidazole rings is 1. The lowest BCUT2D eigenvalue weighted by Gasteiger charge is -2.36. The van der Waals surface area contributed by atoms with E-state index in [0.29, 0.717) is 60.1 Å². The van der Waals surface area contributed by atoms with E-state index >= 15 is 4.39 Å². The van der Waals surface area contributed by atoms with Gasteiger partial charge in [0.2, 0.25) is 11.8 Å². The maximum Gasteiger partial charge on any atom is 0.408 e. The molecule has 3 aliphatic heterocycles. The number of alkyl halides is 1. The summed E-state index contributed by atoms with van der Waals surface area (Å²) in [6.07, 6.45) is 12.1. The van der Waals surface area contributed by atoms with Gasteiger partial charge >= 0.3 is 6.09 Å². The zero-order chi connectivity index (χ0) is 51.1. The van der Waals surface area contributed by atoms with E-state index in [1.54, 1.807) is 43.7 Å². The summed E-state index contributed by atoms with van der Waals surface area (Å²) in [4.78, 5) is 45.2. The molecule has 3 atom stereocenters. The van der Waals surface area contributed by atoms with Crippen molar-refractivity contribution in [3.8, 4) is 11.8 Å². The third kappa shape index (κ3) is 12.6. The molecule has 9 rings (SSSR count). The van der Waals surface area contributed by atoms with E-state index in [1.807, 2.05) is 40.9 Å². The lowest BCUT2D eigenvalue weighted by molar-refractivity contribution is 0.0490. The summed E-state index contributed by atoms with van der Waals surface area (Å²) < 4.78 is 37.9. The van der Waals surface area contributed by atoms with Crippen molar-refractivity contribution in [2.24, 2.45) is 7.05 Å². The molecule has 9 heterocycles. The van der Waals surface area contributed by atoms with Crippen molar-refractivity contribution >= 4 is 52.0 Å². The lowest BCUT2D eigenvalue weighted by Crippen LogP contribution is -2.47. The number of piperazine rings is 1. The van der Waals surface area contributed by atoms with Gasteiger partial charge in [0.15, 0.2) is 22.6 Å². The van der Waals surface area contributed by atoms with Crippen LogP contribution in [0.2, 0.25) is 0 Å². The number of alkyl carbamates (subject to hydrolysis) is 1. The number of hydrogen-bond donors (Lipinski definition) is 4. The number of pyridine rings is 1. The summed E-state index contributed by atoms with van der Waals surface area (Å²) in [7, 11) is 3.41. The number of amides is 1. The largest absolute Gasteiger partial charge is 0.478 e. The highest BCUT2D eigenvalue weighted by atomic mass is 19.1. The maximum atomic E-state index is 15.2. The first-order valence-corrected chi connectivity index (χ1v) is 25.8. The van der Waals surface area contributed by atoms with Crippen LogP contribution in [0.1, 0.15) is 77.3 Å². The smallest absolute Gasteiger partial charge is 0.408 e. The number of anilines is 5. The van der Waals surface area contributed by atoms with Crippen molar-refractivity contribution in [1.82, 2.24) is 64.0 Å². The average molecular weight is 1010 g/mol. The molecule has 0 unspecified atom stereocenters. The molecule has 6 aromatic rings. The van der Waals surface area contributed by atoms with Crippen LogP contribution in [-0.4, -0.2) is 173 Å². The molecule has 22 nitrogen and oxygen atoms in total. The van der Waals surface area contributed by atoms with Gasteiger partial charge in [-0.2, -0.15) is 19.6 Å². The summed E-state index contributed by atoms with van der Waals surface area (Å²) in [6, 6.07) is 5.57. The molecule has 0 aromatic carbocycles. The van der Waals surface area contributed by atoms with Gasteiger partial charge in [-0.3, -0.25) is 4.68 Å². The predicted octanol–water partition coefficient (Wildman–Crippen LogP) is 5.19. The Balaban J connectivity index is 0.702. The first kappa shape index (κ1) is 51.3. The molecule has 0 spiro atoms. The number of nitrogens with one attached hydrogen (secondary N) is 3. The molecule has 3 saturated heterocycles. The zero-order valence-corrected chi connectivity index (χ0v) is 43.1. The quantitative estimate of drug-likeness (QED) is 0.0682. The van der Waals surface area contributed by atoms with Gasteiger partial charge in [-0.15, -0.1) is 5.10 Å². The van der Waals surface area contributed by atoms with Crippen molar-refractivity contribution in [2.45, 2.75) is 110 Å². The van der Waals surface area contributed by atoms with Gasteiger partial charge in [0, 0.05) is 102 Å². The number of hydrogen-bond acceptors (Lipinski definition) is 18. The Morgan fingerprint density at radius 2 is 1.77 bits per heavy atom. The average Bonchev–Trinajstić information content (AvgIpc) is 4.17. The first-order chi connectivity index (χ1) is 35.3. The number of carbonyl (C=O) groups excluding carboxylic acids is 1. The highest BCUT2D eigenvalue weighted by Crippen LogP contribution is 2.32. The molecular formula is C50H72FN17O5. The summed E-state index contributed by atoms with van der Waals surface area (Å²) in [6.45, 7) is 16.5. The number of aromatic nitrogens is 10. The normalized spacial score (nSPS) is 19.0. The summed E-state index contributed by atoms with van der Waals surface area (Å²) in [5.74, 6) is 3.57. The first-order valence-electron chi connectivity index (χ1n) is 25.8. The lowest BCUT2D eigenvalue weighted by atomic mass is 9.99. The number of fused-ring (bicyclic) bond motifs is 2. The molecule has 3 fully saturated rings. The SMILES string of the molecule is CCc1cnn2c(NCc3ccc(OCCCN4CCN(CCCn5cc(Nc6nc(N7C[C@@H](F)[C@H](NC(=O)OC(C)(C)C)C7)nc7c6ncn7C)c(OC)n5)CC4)nc3)cc(N3CCCC[C@H]3CCO)nc12. The van der Waals surface area contributed by atoms with Crippen molar-refractivity contribution < 1.29 is 28.5 Å². The van der Waals surface area contributed by atoms with Crippen LogP contribution < -0.4 is 35.2 Å². The minimum atomic E-state index is -1.34. The van der Waals surface area contributed by atoms with Gasteiger partial charge in [-0.05, 0) is 77.8 Å². The van der Waals surface area contributed by atoms with Gasteiger partial charge in [0.25, 0.3) is 5.88 Å². The van der Waals surface area contributed by atoms with Crippen LogP contribution in [0.3, 0.4) is 0 Å². The summed E-state index contributed by atoms with van der Waals surface area (Å²) in [5.41, 5.74) is 4.03. The topological polar surface area (TPSA) is 219 Å². The molecule has 6 aromatic heterocycles. The number of nitrogens with zero attached hydrogens (tertiary/aromatic N) is 14. The Labute approximate surface area is 425 Å². The van der Waals surface area contributed by atoms with Gasteiger partial charge in [0.05, 0.1) is 45.0 Å². The Morgan fingerprint density at radius 3 is 2.51 bits per heavy atom. The predicted molar refractivity (Wildman–Crippen MR) is 277 cm³/mol.